The molecule has 0 aromatic rings. The van der Waals surface area contributed by atoms with Gasteiger partial charge in [0.1, 0.15) is 0 Å². The van der Waals surface area contributed by atoms with Crippen molar-refractivity contribution in [3.8, 4) is 0 Å². The highest BCUT2D eigenvalue weighted by Crippen LogP contribution is 2.25. The highest BCUT2D eigenvalue weighted by Gasteiger charge is 2.18. The number of ether oxygens (including phenoxy) is 1. The van der Waals surface area contributed by atoms with E-state index in [-0.39, 0.29) is 11.7 Å². The smallest absolute Gasteiger partial charge is 0.209 e. The third-order valence-corrected chi connectivity index (χ3v) is 4.28. The summed E-state index contributed by atoms with van der Waals surface area (Å²) in [7, 11) is -3.37. The van der Waals surface area contributed by atoms with E-state index in [1.807, 2.05) is 6.92 Å². The number of hydrogen-bond donors (Lipinski definition) is 1. The van der Waals surface area contributed by atoms with Gasteiger partial charge in [0.2, 0.25) is 10.0 Å². The van der Waals surface area contributed by atoms with E-state index in [0.717, 1.165) is 19.4 Å². The molecule has 0 aromatic carbocycles. The molecule has 1 rings (SSSR count). The predicted octanol–water partition coefficient (Wildman–Crippen LogP) is 1.90. The lowest BCUT2D eigenvalue weighted by Gasteiger charge is -2.17. The van der Waals surface area contributed by atoms with E-state index in [2.05, 4.69) is 0 Å². The van der Waals surface area contributed by atoms with Crippen LogP contribution in [-0.2, 0) is 14.8 Å². The fourth-order valence-electron chi connectivity index (χ4n) is 2.53. The molecule has 0 saturated heterocycles. The maximum Gasteiger partial charge on any atom is 0.209 e. The quantitative estimate of drug-likeness (QED) is 0.727. The predicted molar refractivity (Wildman–Crippen MR) is 69.1 cm³/mol. The minimum Gasteiger partial charge on any atom is -0.381 e. The zero-order valence-corrected chi connectivity index (χ0v) is 11.5. The molecule has 1 unspecified atom stereocenters. The van der Waals surface area contributed by atoms with Gasteiger partial charge in [0.05, 0.1) is 12.4 Å². The summed E-state index contributed by atoms with van der Waals surface area (Å²) in [5.74, 6) is 0.786. The molecule has 17 heavy (non-hydrogen) atoms. The van der Waals surface area contributed by atoms with Gasteiger partial charge in [-0.25, -0.2) is 13.6 Å². The van der Waals surface area contributed by atoms with Crippen LogP contribution in [0.1, 0.15) is 45.4 Å². The summed E-state index contributed by atoms with van der Waals surface area (Å²) in [6, 6.07) is 0. The molecule has 1 aliphatic rings. The summed E-state index contributed by atoms with van der Waals surface area (Å²) in [6.07, 6.45) is 6.96. The minimum atomic E-state index is -3.37. The topological polar surface area (TPSA) is 69.4 Å². The molecule has 0 bridgehead atoms. The largest absolute Gasteiger partial charge is 0.381 e. The zero-order chi connectivity index (χ0) is 12.7. The molecule has 0 radical (unpaired) electrons. The van der Waals surface area contributed by atoms with Crippen LogP contribution in [0.5, 0.6) is 0 Å². The van der Waals surface area contributed by atoms with Crippen molar-refractivity contribution >= 4 is 10.0 Å². The van der Waals surface area contributed by atoms with Gasteiger partial charge in [-0.05, 0) is 31.1 Å². The van der Waals surface area contributed by atoms with Crippen LogP contribution in [0.2, 0.25) is 0 Å². The van der Waals surface area contributed by atoms with Gasteiger partial charge in [-0.1, -0.05) is 26.2 Å². The third kappa shape index (κ3) is 7.01. The van der Waals surface area contributed by atoms with Crippen molar-refractivity contribution in [2.75, 3.05) is 19.0 Å². The van der Waals surface area contributed by atoms with Crippen molar-refractivity contribution in [3.05, 3.63) is 0 Å². The number of sulfonamides is 1. The molecule has 102 valence electrons. The van der Waals surface area contributed by atoms with Crippen molar-refractivity contribution in [2.45, 2.75) is 45.4 Å². The van der Waals surface area contributed by atoms with Gasteiger partial charge in [0, 0.05) is 6.61 Å². The molecule has 0 aromatic heterocycles. The van der Waals surface area contributed by atoms with E-state index in [1.165, 1.54) is 25.7 Å². The average molecular weight is 263 g/mol. The van der Waals surface area contributed by atoms with Crippen LogP contribution in [0.3, 0.4) is 0 Å². The summed E-state index contributed by atoms with van der Waals surface area (Å²) >= 11 is 0. The van der Waals surface area contributed by atoms with Crippen molar-refractivity contribution in [3.63, 3.8) is 0 Å². The van der Waals surface area contributed by atoms with Gasteiger partial charge in [0.15, 0.2) is 0 Å². The van der Waals surface area contributed by atoms with Gasteiger partial charge in [-0.2, -0.15) is 0 Å². The van der Waals surface area contributed by atoms with Crippen molar-refractivity contribution in [1.29, 1.82) is 0 Å². The summed E-state index contributed by atoms with van der Waals surface area (Å²) in [4.78, 5) is 0. The van der Waals surface area contributed by atoms with Crippen LogP contribution in [0, 0.1) is 11.8 Å². The van der Waals surface area contributed by atoms with Crippen LogP contribution in [0.15, 0.2) is 0 Å². The van der Waals surface area contributed by atoms with Crippen molar-refractivity contribution < 1.29 is 13.2 Å². The van der Waals surface area contributed by atoms with Crippen LogP contribution in [0.4, 0.5) is 0 Å². The van der Waals surface area contributed by atoms with Gasteiger partial charge >= 0.3 is 0 Å². The summed E-state index contributed by atoms with van der Waals surface area (Å²) < 4.78 is 27.8. The van der Waals surface area contributed by atoms with E-state index < -0.39 is 10.0 Å². The molecular weight excluding hydrogens is 238 g/mol. The zero-order valence-electron chi connectivity index (χ0n) is 10.7. The second kappa shape index (κ2) is 7.34. The molecule has 1 aliphatic carbocycles. The molecule has 1 fully saturated rings. The highest BCUT2D eigenvalue weighted by molar-refractivity contribution is 7.89. The van der Waals surface area contributed by atoms with Gasteiger partial charge < -0.3 is 4.74 Å². The number of nitrogens with two attached hydrogens (primary N) is 1. The van der Waals surface area contributed by atoms with Crippen LogP contribution in [-0.4, -0.2) is 27.4 Å². The molecule has 4 nitrogen and oxygen atoms in total. The second-order valence-electron chi connectivity index (χ2n) is 5.17. The first-order valence-corrected chi connectivity index (χ1v) is 8.31. The fraction of sp³-hybridized carbons (Fsp3) is 1.00. The van der Waals surface area contributed by atoms with Gasteiger partial charge in [-0.3, -0.25) is 0 Å². The van der Waals surface area contributed by atoms with Gasteiger partial charge in [-0.15, -0.1) is 0 Å². The molecular formula is C12H25NO3S. The van der Waals surface area contributed by atoms with Crippen molar-refractivity contribution in [1.82, 2.24) is 0 Å². The van der Waals surface area contributed by atoms with Crippen LogP contribution < -0.4 is 5.14 Å². The van der Waals surface area contributed by atoms with E-state index >= 15 is 0 Å². The lowest BCUT2D eigenvalue weighted by atomic mass is 10.1. The highest BCUT2D eigenvalue weighted by atomic mass is 32.2. The Balaban J connectivity index is 2.23. The Morgan fingerprint density at radius 3 is 2.53 bits per heavy atom. The summed E-state index contributed by atoms with van der Waals surface area (Å²) in [5.41, 5.74) is 0. The molecule has 0 heterocycles. The maximum atomic E-state index is 11.1. The standard InChI is InChI=1S/C12H25NO3S/c1-2-5-12(10-17(13,14)15)9-16-8-11-6-3-4-7-11/h11-12H,2-10H2,1H3,(H2,13,14,15). The van der Waals surface area contributed by atoms with Crippen LogP contribution >= 0.6 is 0 Å². The van der Waals surface area contributed by atoms with E-state index in [0.29, 0.717) is 12.5 Å². The lowest BCUT2D eigenvalue weighted by Crippen LogP contribution is -2.26. The molecule has 5 heteroatoms. The summed E-state index contributed by atoms with van der Waals surface area (Å²) in [6.45, 7) is 3.36. The monoisotopic (exact) mass is 263 g/mol. The van der Waals surface area contributed by atoms with E-state index in [1.54, 1.807) is 0 Å². The normalized spacial score (nSPS) is 19.6. The Morgan fingerprint density at radius 2 is 2.00 bits per heavy atom. The Bertz CT molecular complexity index is 297. The first kappa shape index (κ1) is 14.9. The minimum absolute atomic E-state index is 0.0471. The Kier molecular flexibility index (Phi) is 6.44. The number of rotatable bonds is 8. The number of primary sulfonamides is 1. The van der Waals surface area contributed by atoms with E-state index in [4.69, 9.17) is 9.88 Å². The average Bonchev–Trinajstić information content (AvgIpc) is 2.68. The maximum absolute atomic E-state index is 11.1. The van der Waals surface area contributed by atoms with Gasteiger partial charge in [0.25, 0.3) is 0 Å². The number of hydrogen-bond acceptors (Lipinski definition) is 3. The third-order valence-electron chi connectivity index (χ3n) is 3.35. The van der Waals surface area contributed by atoms with E-state index in [9.17, 15) is 8.42 Å². The first-order chi connectivity index (χ1) is 8.01. The molecule has 0 spiro atoms. The Morgan fingerprint density at radius 1 is 1.35 bits per heavy atom. The Hall–Kier alpha value is -0.130. The van der Waals surface area contributed by atoms with Crippen molar-refractivity contribution in [2.24, 2.45) is 17.0 Å². The second-order valence-corrected chi connectivity index (χ2v) is 6.83. The Labute approximate surface area is 105 Å². The molecule has 0 amide bonds. The molecule has 1 saturated carbocycles. The van der Waals surface area contributed by atoms with Crippen LogP contribution in [0.25, 0.3) is 0 Å². The first-order valence-electron chi connectivity index (χ1n) is 6.59. The fourth-order valence-corrected chi connectivity index (χ4v) is 3.45. The SMILES string of the molecule is CCCC(COCC1CCCC1)CS(N)(=O)=O. The lowest BCUT2D eigenvalue weighted by molar-refractivity contribution is 0.0754. The summed E-state index contributed by atoms with van der Waals surface area (Å²) in [5, 5.41) is 5.08. The molecule has 1 atom stereocenters. The molecule has 0 aliphatic heterocycles. The molecule has 2 N–H and O–H groups in total.